The number of nitrogens with zero attached hydrogens (tertiary/aromatic N) is 2. The molecular formula is C11H25N5O. The van der Waals surface area contributed by atoms with Crippen LogP contribution in [0.2, 0.25) is 0 Å². The van der Waals surface area contributed by atoms with Gasteiger partial charge in [-0.3, -0.25) is 21.0 Å². The van der Waals surface area contributed by atoms with Crippen LogP contribution in [0.15, 0.2) is 0 Å². The zero-order chi connectivity index (χ0) is 11.9. The largest absolute Gasteiger partial charge is 0.379 e. The van der Waals surface area contributed by atoms with Crippen LogP contribution >= 0.6 is 0 Å². The van der Waals surface area contributed by atoms with E-state index in [-0.39, 0.29) is 0 Å². The molecule has 3 N–H and O–H groups in total. The fraction of sp³-hybridized carbons (Fsp3) is 1.00. The molecule has 2 rings (SSSR count). The third-order valence-electron chi connectivity index (χ3n) is 3.39. The number of rotatable bonds is 5. The average Bonchev–Trinajstić information content (AvgIpc) is 2.40. The summed E-state index contributed by atoms with van der Waals surface area (Å²) < 4.78 is 5.32. The summed E-state index contributed by atoms with van der Waals surface area (Å²) in [5, 5.41) is 9.08. The lowest BCUT2D eigenvalue weighted by Crippen LogP contribution is -2.59. The summed E-state index contributed by atoms with van der Waals surface area (Å²) in [6, 6.07) is 0. The van der Waals surface area contributed by atoms with Crippen molar-refractivity contribution in [3.8, 4) is 0 Å². The number of ether oxygens (including phenoxy) is 1. The van der Waals surface area contributed by atoms with Gasteiger partial charge in [-0.25, -0.2) is 5.01 Å². The van der Waals surface area contributed by atoms with Gasteiger partial charge < -0.3 is 4.74 Å². The van der Waals surface area contributed by atoms with E-state index in [2.05, 4.69) is 32.9 Å². The third kappa shape index (κ3) is 4.17. The molecule has 2 heterocycles. The Morgan fingerprint density at radius 3 is 2.94 bits per heavy atom. The van der Waals surface area contributed by atoms with Gasteiger partial charge in [0.15, 0.2) is 0 Å². The molecule has 0 spiro atoms. The first-order valence-electron chi connectivity index (χ1n) is 6.64. The topological polar surface area (TPSA) is 51.8 Å². The second-order valence-electron chi connectivity index (χ2n) is 4.51. The summed E-state index contributed by atoms with van der Waals surface area (Å²) in [4.78, 5) is 2.42. The minimum absolute atomic E-state index is 0.495. The summed E-state index contributed by atoms with van der Waals surface area (Å²) in [6.45, 7) is 9.91. The molecule has 100 valence electrons. The number of hydrogen-bond acceptors (Lipinski definition) is 6. The summed E-state index contributed by atoms with van der Waals surface area (Å²) in [7, 11) is 0. The normalized spacial score (nSPS) is 28.4. The monoisotopic (exact) mass is 243 g/mol. The molecule has 17 heavy (non-hydrogen) atoms. The van der Waals surface area contributed by atoms with Gasteiger partial charge in [-0.15, -0.1) is 0 Å². The van der Waals surface area contributed by atoms with E-state index in [1.165, 1.54) is 0 Å². The molecule has 2 aliphatic rings. The maximum atomic E-state index is 5.32. The van der Waals surface area contributed by atoms with Gasteiger partial charge >= 0.3 is 0 Å². The highest BCUT2D eigenvalue weighted by Crippen LogP contribution is 2.02. The highest BCUT2D eigenvalue weighted by Gasteiger charge is 2.19. The van der Waals surface area contributed by atoms with Crippen LogP contribution in [0.4, 0.5) is 0 Å². The molecule has 1 atom stereocenters. The highest BCUT2D eigenvalue weighted by molar-refractivity contribution is 4.73. The Kier molecular flexibility index (Phi) is 5.63. The predicted molar refractivity (Wildman–Crippen MR) is 67.2 cm³/mol. The lowest BCUT2D eigenvalue weighted by molar-refractivity contribution is 0.00901. The van der Waals surface area contributed by atoms with Crippen molar-refractivity contribution in [1.29, 1.82) is 0 Å². The first kappa shape index (κ1) is 13.2. The first-order valence-corrected chi connectivity index (χ1v) is 6.64. The molecule has 2 saturated heterocycles. The Morgan fingerprint density at radius 1 is 1.35 bits per heavy atom. The Morgan fingerprint density at radius 2 is 2.18 bits per heavy atom. The second kappa shape index (κ2) is 7.25. The maximum absolute atomic E-state index is 5.32. The molecule has 0 aromatic heterocycles. The van der Waals surface area contributed by atoms with Crippen LogP contribution in [0.3, 0.4) is 0 Å². The Labute approximate surface area is 104 Å². The van der Waals surface area contributed by atoms with Crippen LogP contribution in [0, 0.1) is 0 Å². The van der Waals surface area contributed by atoms with E-state index >= 15 is 0 Å². The Hall–Kier alpha value is -0.240. The molecule has 2 aliphatic heterocycles. The fourth-order valence-electron chi connectivity index (χ4n) is 2.33. The van der Waals surface area contributed by atoms with Crippen LogP contribution in [0.25, 0.3) is 0 Å². The van der Waals surface area contributed by atoms with Crippen molar-refractivity contribution in [2.45, 2.75) is 19.5 Å². The molecule has 0 saturated carbocycles. The van der Waals surface area contributed by atoms with Crippen LogP contribution in [-0.2, 0) is 4.74 Å². The van der Waals surface area contributed by atoms with E-state index in [1.807, 2.05) is 0 Å². The molecule has 1 unspecified atom stereocenters. The molecule has 6 heteroatoms. The number of nitrogens with one attached hydrogen (secondary N) is 3. The van der Waals surface area contributed by atoms with E-state index < -0.39 is 0 Å². The molecule has 0 aromatic carbocycles. The average molecular weight is 243 g/mol. The van der Waals surface area contributed by atoms with Gasteiger partial charge in [0.1, 0.15) is 0 Å². The zero-order valence-corrected chi connectivity index (χ0v) is 10.7. The lowest BCUT2D eigenvalue weighted by atomic mass is 10.3. The summed E-state index contributed by atoms with van der Waals surface area (Å²) in [5.74, 6) is 0. The quantitative estimate of drug-likeness (QED) is 0.574. The van der Waals surface area contributed by atoms with Crippen molar-refractivity contribution in [2.24, 2.45) is 0 Å². The van der Waals surface area contributed by atoms with Crippen molar-refractivity contribution >= 4 is 0 Å². The van der Waals surface area contributed by atoms with Crippen molar-refractivity contribution in [2.75, 3.05) is 52.7 Å². The predicted octanol–water partition coefficient (Wildman–Crippen LogP) is -1.03. The van der Waals surface area contributed by atoms with E-state index in [1.54, 1.807) is 0 Å². The van der Waals surface area contributed by atoms with Gasteiger partial charge in [0.25, 0.3) is 0 Å². The van der Waals surface area contributed by atoms with Gasteiger partial charge in [-0.1, -0.05) is 6.92 Å². The van der Waals surface area contributed by atoms with Crippen molar-refractivity contribution in [3.05, 3.63) is 0 Å². The standard InChI is InChI=1S/C11H25N5O/c1-2-15-10-12-9-13-11(15)3-4-14-16-5-7-17-8-6-16/h11-14H,2-10H2,1H3. The molecule has 0 aliphatic carbocycles. The van der Waals surface area contributed by atoms with Crippen LogP contribution in [0.5, 0.6) is 0 Å². The molecule has 0 amide bonds. The number of hydrogen-bond donors (Lipinski definition) is 3. The van der Waals surface area contributed by atoms with Crippen molar-refractivity contribution < 1.29 is 4.74 Å². The van der Waals surface area contributed by atoms with Crippen molar-refractivity contribution in [3.63, 3.8) is 0 Å². The summed E-state index contributed by atoms with van der Waals surface area (Å²) in [6.07, 6.45) is 1.63. The van der Waals surface area contributed by atoms with Gasteiger partial charge in [0.05, 0.1) is 26.0 Å². The van der Waals surface area contributed by atoms with E-state index in [0.29, 0.717) is 6.17 Å². The second-order valence-corrected chi connectivity index (χ2v) is 4.51. The van der Waals surface area contributed by atoms with Gasteiger partial charge in [0.2, 0.25) is 0 Å². The van der Waals surface area contributed by atoms with Gasteiger partial charge in [-0.05, 0) is 13.0 Å². The maximum Gasteiger partial charge on any atom is 0.0630 e. The minimum atomic E-state index is 0.495. The van der Waals surface area contributed by atoms with E-state index in [0.717, 1.165) is 59.2 Å². The number of hydrazine groups is 1. The molecule has 0 bridgehead atoms. The van der Waals surface area contributed by atoms with Crippen LogP contribution < -0.4 is 16.1 Å². The minimum Gasteiger partial charge on any atom is -0.379 e. The van der Waals surface area contributed by atoms with Gasteiger partial charge in [0, 0.05) is 26.3 Å². The lowest BCUT2D eigenvalue weighted by Gasteiger charge is -2.37. The van der Waals surface area contributed by atoms with Crippen molar-refractivity contribution in [1.82, 2.24) is 26.0 Å². The molecular weight excluding hydrogens is 218 g/mol. The Balaban J connectivity index is 1.62. The van der Waals surface area contributed by atoms with E-state index in [4.69, 9.17) is 4.74 Å². The highest BCUT2D eigenvalue weighted by atomic mass is 16.5. The molecule has 6 nitrogen and oxygen atoms in total. The molecule has 0 radical (unpaired) electrons. The van der Waals surface area contributed by atoms with Gasteiger partial charge in [-0.2, -0.15) is 0 Å². The van der Waals surface area contributed by atoms with E-state index in [9.17, 15) is 0 Å². The summed E-state index contributed by atoms with van der Waals surface area (Å²) in [5.41, 5.74) is 3.48. The summed E-state index contributed by atoms with van der Waals surface area (Å²) >= 11 is 0. The fourth-order valence-corrected chi connectivity index (χ4v) is 2.33. The smallest absolute Gasteiger partial charge is 0.0630 e. The SMILES string of the molecule is CCN1CNCNC1CCNN1CCOCC1. The van der Waals surface area contributed by atoms with Crippen LogP contribution in [0.1, 0.15) is 13.3 Å². The third-order valence-corrected chi connectivity index (χ3v) is 3.39. The molecule has 0 aromatic rings. The first-order chi connectivity index (χ1) is 8.40. The molecule has 2 fully saturated rings. The Bertz CT molecular complexity index is 210. The zero-order valence-electron chi connectivity index (χ0n) is 10.7. The van der Waals surface area contributed by atoms with Crippen LogP contribution in [-0.4, -0.2) is 68.8 Å². The number of morpholine rings is 1.